The quantitative estimate of drug-likeness (QED) is 0.236. The molecule has 0 unspecified atom stereocenters. The number of nitrogens with one attached hydrogen (secondary N) is 2. The fourth-order valence-electron chi connectivity index (χ4n) is 3.29. The number of nitrogens with zero attached hydrogens (tertiary/aromatic N) is 2. The largest absolute Gasteiger partial charge is 0.493 e. The van der Waals surface area contributed by atoms with Gasteiger partial charge in [-0.1, -0.05) is 11.6 Å². The zero-order valence-electron chi connectivity index (χ0n) is 20.6. The number of hydrogen-bond donors (Lipinski definition) is 3. The Morgan fingerprint density at radius 1 is 1.05 bits per heavy atom. The Balaban J connectivity index is 1.50. The summed E-state index contributed by atoms with van der Waals surface area (Å²) in [5, 5.41) is 6.65. The number of aromatic nitrogens is 2. The van der Waals surface area contributed by atoms with E-state index in [0.717, 1.165) is 0 Å². The first kappa shape index (κ1) is 28.3. The Morgan fingerprint density at radius 2 is 1.86 bits per heavy atom. The van der Waals surface area contributed by atoms with Crippen molar-refractivity contribution in [3.8, 4) is 11.5 Å². The van der Waals surface area contributed by atoms with Crippen LogP contribution in [-0.4, -0.2) is 69.1 Å². The molecule has 0 saturated heterocycles. The third kappa shape index (κ3) is 8.97. The summed E-state index contributed by atoms with van der Waals surface area (Å²) in [7, 11) is 1.54. The van der Waals surface area contributed by atoms with Gasteiger partial charge in [0, 0.05) is 36.7 Å². The van der Waals surface area contributed by atoms with Crippen LogP contribution in [0, 0.1) is 5.82 Å². The minimum absolute atomic E-state index is 0.00148. The molecule has 37 heavy (non-hydrogen) atoms. The highest BCUT2D eigenvalue weighted by Crippen LogP contribution is 2.35. The first-order valence-electron chi connectivity index (χ1n) is 11.8. The standard InChI is InChI=1S/C25H31ClFN5O5/c1-34-22-15-21-18(25(31-16-30-21)32-17-3-4-20(27)19(26)13-17)14-23(22)37-8-2-7-29-24(33)5-9-35-11-12-36-10-6-28/h3-4,13-16H,2,5-12,28H2,1H3,(H,29,33)(H,30,31,32). The number of nitrogens with two attached hydrogens (primary N) is 1. The molecular formula is C25H31ClFN5O5. The molecule has 0 radical (unpaired) electrons. The molecule has 200 valence electrons. The van der Waals surface area contributed by atoms with Crippen LogP contribution in [0.1, 0.15) is 12.8 Å². The highest BCUT2D eigenvalue weighted by Gasteiger charge is 2.13. The second-order valence-corrected chi connectivity index (χ2v) is 8.22. The maximum absolute atomic E-state index is 13.5. The SMILES string of the molecule is COc1cc2ncnc(Nc3ccc(F)c(Cl)c3)c2cc1OCCCNC(=O)CCOCCOCCN. The Morgan fingerprint density at radius 3 is 2.62 bits per heavy atom. The van der Waals surface area contributed by atoms with Crippen LogP contribution in [0.4, 0.5) is 15.9 Å². The highest BCUT2D eigenvalue weighted by molar-refractivity contribution is 6.31. The van der Waals surface area contributed by atoms with Gasteiger partial charge in [-0.2, -0.15) is 0 Å². The van der Waals surface area contributed by atoms with E-state index in [2.05, 4.69) is 20.6 Å². The molecule has 1 amide bonds. The maximum atomic E-state index is 13.5. The molecule has 0 saturated carbocycles. The summed E-state index contributed by atoms with van der Waals surface area (Å²) in [6.45, 7) is 2.98. The second kappa shape index (κ2) is 15.1. The van der Waals surface area contributed by atoms with Crippen molar-refractivity contribution < 1.29 is 28.1 Å². The van der Waals surface area contributed by atoms with Gasteiger partial charge in [0.05, 0.1) is 50.7 Å². The highest BCUT2D eigenvalue weighted by atomic mass is 35.5. The fourth-order valence-corrected chi connectivity index (χ4v) is 3.47. The summed E-state index contributed by atoms with van der Waals surface area (Å²) in [6, 6.07) is 7.84. The van der Waals surface area contributed by atoms with Gasteiger partial charge in [-0.25, -0.2) is 14.4 Å². The fraction of sp³-hybridized carbons (Fsp3) is 0.400. The molecule has 0 aliphatic heterocycles. The molecule has 12 heteroatoms. The Hall–Kier alpha value is -3.25. The number of hydrogen-bond acceptors (Lipinski definition) is 9. The predicted molar refractivity (Wildman–Crippen MR) is 139 cm³/mol. The van der Waals surface area contributed by atoms with Gasteiger partial charge in [-0.3, -0.25) is 4.79 Å². The summed E-state index contributed by atoms with van der Waals surface area (Å²) >= 11 is 5.89. The Labute approximate surface area is 219 Å². The molecule has 0 aliphatic carbocycles. The number of fused-ring (bicyclic) bond motifs is 1. The molecule has 0 fully saturated rings. The Kier molecular flexibility index (Phi) is 11.6. The van der Waals surface area contributed by atoms with Gasteiger partial charge in [-0.05, 0) is 30.7 Å². The lowest BCUT2D eigenvalue weighted by Gasteiger charge is -2.14. The summed E-state index contributed by atoms with van der Waals surface area (Å²) < 4.78 is 35.4. The molecule has 2 aromatic carbocycles. The number of benzene rings is 2. The summed E-state index contributed by atoms with van der Waals surface area (Å²) in [5.41, 5.74) is 6.54. The molecule has 3 aromatic rings. The average molecular weight is 536 g/mol. The lowest BCUT2D eigenvalue weighted by molar-refractivity contribution is -0.122. The van der Waals surface area contributed by atoms with Gasteiger partial charge in [0.25, 0.3) is 0 Å². The van der Waals surface area contributed by atoms with Crippen LogP contribution in [-0.2, 0) is 14.3 Å². The topological polar surface area (TPSA) is 130 Å². The van der Waals surface area contributed by atoms with E-state index in [0.29, 0.717) is 86.5 Å². The van der Waals surface area contributed by atoms with Gasteiger partial charge in [0.15, 0.2) is 11.5 Å². The number of halogens is 2. The van der Waals surface area contributed by atoms with Crippen molar-refractivity contribution in [1.29, 1.82) is 0 Å². The molecule has 4 N–H and O–H groups in total. The van der Waals surface area contributed by atoms with Crippen molar-refractivity contribution in [1.82, 2.24) is 15.3 Å². The van der Waals surface area contributed by atoms with Crippen molar-refractivity contribution in [2.75, 3.05) is 58.6 Å². The molecule has 0 atom stereocenters. The molecule has 0 bridgehead atoms. The van der Waals surface area contributed by atoms with Crippen LogP contribution in [0.2, 0.25) is 5.02 Å². The monoisotopic (exact) mass is 535 g/mol. The van der Waals surface area contributed by atoms with Crippen LogP contribution in [0.25, 0.3) is 10.9 Å². The third-order valence-corrected chi connectivity index (χ3v) is 5.40. The average Bonchev–Trinajstić information content (AvgIpc) is 2.90. The van der Waals surface area contributed by atoms with Crippen LogP contribution >= 0.6 is 11.6 Å². The van der Waals surface area contributed by atoms with E-state index in [1.54, 1.807) is 25.3 Å². The number of carbonyl (C=O) groups is 1. The number of amides is 1. The first-order valence-corrected chi connectivity index (χ1v) is 12.2. The van der Waals surface area contributed by atoms with Gasteiger partial charge in [0.2, 0.25) is 5.91 Å². The molecule has 0 aliphatic rings. The van der Waals surface area contributed by atoms with Crippen LogP contribution in [0.3, 0.4) is 0 Å². The lowest BCUT2D eigenvalue weighted by atomic mass is 10.2. The van der Waals surface area contributed by atoms with Crippen LogP contribution in [0.5, 0.6) is 11.5 Å². The molecule has 3 rings (SSSR count). The molecular weight excluding hydrogens is 505 g/mol. The number of anilines is 2. The minimum atomic E-state index is -0.506. The molecule has 0 spiro atoms. The van der Waals surface area contributed by atoms with Crippen molar-refractivity contribution in [3.63, 3.8) is 0 Å². The normalized spacial score (nSPS) is 10.9. The Bertz CT molecular complexity index is 1170. The number of rotatable bonds is 16. The summed E-state index contributed by atoms with van der Waals surface area (Å²) in [4.78, 5) is 20.5. The van der Waals surface area contributed by atoms with Crippen molar-refractivity contribution in [3.05, 3.63) is 47.5 Å². The van der Waals surface area contributed by atoms with Crippen LogP contribution in [0.15, 0.2) is 36.7 Å². The van der Waals surface area contributed by atoms with E-state index in [1.807, 2.05) is 0 Å². The number of methoxy groups -OCH3 is 1. The molecule has 10 nitrogen and oxygen atoms in total. The zero-order valence-corrected chi connectivity index (χ0v) is 21.4. The van der Waals surface area contributed by atoms with E-state index >= 15 is 0 Å². The number of carbonyl (C=O) groups excluding carboxylic acids is 1. The summed E-state index contributed by atoms with van der Waals surface area (Å²) in [5.74, 6) is 0.912. The third-order valence-electron chi connectivity index (χ3n) is 5.11. The first-order chi connectivity index (χ1) is 18.0. The van der Waals surface area contributed by atoms with E-state index < -0.39 is 5.82 Å². The number of ether oxygens (including phenoxy) is 4. The van der Waals surface area contributed by atoms with Crippen molar-refractivity contribution >= 4 is 39.9 Å². The summed E-state index contributed by atoms with van der Waals surface area (Å²) in [6.07, 6.45) is 2.27. The van der Waals surface area contributed by atoms with Gasteiger partial charge < -0.3 is 35.3 Å². The van der Waals surface area contributed by atoms with E-state index in [-0.39, 0.29) is 17.4 Å². The maximum Gasteiger partial charge on any atom is 0.222 e. The molecule has 1 aromatic heterocycles. The zero-order chi connectivity index (χ0) is 26.5. The van der Waals surface area contributed by atoms with E-state index in [9.17, 15) is 9.18 Å². The minimum Gasteiger partial charge on any atom is -0.493 e. The van der Waals surface area contributed by atoms with E-state index in [4.69, 9.17) is 36.3 Å². The smallest absolute Gasteiger partial charge is 0.222 e. The molecule has 1 heterocycles. The van der Waals surface area contributed by atoms with Gasteiger partial charge in [-0.15, -0.1) is 0 Å². The van der Waals surface area contributed by atoms with Crippen molar-refractivity contribution in [2.24, 2.45) is 5.73 Å². The van der Waals surface area contributed by atoms with Crippen molar-refractivity contribution in [2.45, 2.75) is 12.8 Å². The van der Waals surface area contributed by atoms with Crippen LogP contribution < -0.4 is 25.8 Å². The van der Waals surface area contributed by atoms with E-state index in [1.165, 1.54) is 18.5 Å². The van der Waals surface area contributed by atoms with Gasteiger partial charge >= 0.3 is 0 Å². The lowest BCUT2D eigenvalue weighted by Crippen LogP contribution is -2.26. The predicted octanol–water partition coefficient (Wildman–Crippen LogP) is 3.44. The second-order valence-electron chi connectivity index (χ2n) is 7.81. The van der Waals surface area contributed by atoms with Gasteiger partial charge in [0.1, 0.15) is 18.0 Å².